The number of hydrogen-bond acceptors (Lipinski definition) is 8. The van der Waals surface area contributed by atoms with Crippen LogP contribution in [-0.4, -0.2) is 60.4 Å². The Labute approximate surface area is 149 Å². The smallest absolute Gasteiger partial charge is 0.386 e. The second kappa shape index (κ2) is 9.40. The van der Waals surface area contributed by atoms with Gasteiger partial charge in [-0.05, 0) is 0 Å². The molecule has 1 rings (SSSR count). The van der Waals surface area contributed by atoms with Crippen LogP contribution in [0.25, 0.3) is 0 Å². The lowest BCUT2D eigenvalue weighted by atomic mass is 9.86. The van der Waals surface area contributed by atoms with E-state index in [4.69, 9.17) is 9.47 Å². The van der Waals surface area contributed by atoms with Crippen LogP contribution in [0.1, 0.15) is 27.2 Å². The van der Waals surface area contributed by atoms with E-state index in [1.807, 2.05) is 0 Å². The van der Waals surface area contributed by atoms with Gasteiger partial charge in [-0.3, -0.25) is 19.2 Å². The number of carbonyl (C=O) groups excluding carboxylic acids is 5. The van der Waals surface area contributed by atoms with Crippen molar-refractivity contribution in [2.45, 2.75) is 33.3 Å². The molecule has 0 unspecified atom stereocenters. The highest BCUT2D eigenvalue weighted by Gasteiger charge is 2.40. The zero-order valence-corrected chi connectivity index (χ0v) is 15.2. The van der Waals surface area contributed by atoms with E-state index in [1.165, 1.54) is 6.92 Å². The van der Waals surface area contributed by atoms with Gasteiger partial charge < -0.3 is 20.1 Å². The lowest BCUT2D eigenvalue weighted by Gasteiger charge is -2.31. The van der Waals surface area contributed by atoms with Gasteiger partial charge in [0.15, 0.2) is 6.10 Å². The number of hydrogen-bond donors (Lipinski definition) is 2. The Morgan fingerprint density at radius 1 is 1.24 bits per heavy atom. The summed E-state index contributed by atoms with van der Waals surface area (Å²) in [4.78, 5) is 58.7. The van der Waals surface area contributed by atoms with Crippen molar-refractivity contribution >= 4 is 40.6 Å². The van der Waals surface area contributed by atoms with Crippen molar-refractivity contribution in [2.75, 3.05) is 25.4 Å². The SMILES string of the molecule is CC(=O)OCC(C)(C)[C@H]1OC(=O)C(=O)SCCNC(=O)CCNC1=O. The van der Waals surface area contributed by atoms with Crippen LogP contribution in [0.4, 0.5) is 0 Å². The number of cyclic esters (lactones) is 1. The third kappa shape index (κ3) is 7.12. The van der Waals surface area contributed by atoms with Crippen LogP contribution in [0.15, 0.2) is 0 Å². The fourth-order valence-corrected chi connectivity index (χ4v) is 2.52. The molecule has 0 aromatic carbocycles. The first-order valence-corrected chi connectivity index (χ1v) is 8.67. The quantitative estimate of drug-likeness (QED) is 0.494. The molecule has 1 aliphatic rings. The van der Waals surface area contributed by atoms with Crippen molar-refractivity contribution in [3.8, 4) is 0 Å². The molecule has 1 saturated heterocycles. The molecule has 2 N–H and O–H groups in total. The highest BCUT2D eigenvalue weighted by atomic mass is 32.2. The van der Waals surface area contributed by atoms with E-state index in [9.17, 15) is 24.0 Å². The van der Waals surface area contributed by atoms with Gasteiger partial charge in [0.05, 0.1) is 0 Å². The first-order valence-electron chi connectivity index (χ1n) is 7.69. The third-order valence-corrected chi connectivity index (χ3v) is 4.13. The molecule has 10 heteroatoms. The molecular formula is C15H22N2O7S. The van der Waals surface area contributed by atoms with Crippen LogP contribution in [0.3, 0.4) is 0 Å². The standard InChI is InChI=1S/C15H22N2O7S/c1-9(18)23-8-15(2,3)11-12(20)17-5-4-10(19)16-6-7-25-14(22)13(21)24-11/h11H,4-8H2,1-3H3,(H,16,19)(H,17,20)/t11-/m0/s1. The summed E-state index contributed by atoms with van der Waals surface area (Å²) in [6.45, 7) is 4.42. The maximum atomic E-state index is 12.4. The van der Waals surface area contributed by atoms with Gasteiger partial charge in [0.1, 0.15) is 6.61 Å². The van der Waals surface area contributed by atoms with E-state index in [0.717, 1.165) is 0 Å². The average Bonchev–Trinajstić information content (AvgIpc) is 2.54. The van der Waals surface area contributed by atoms with E-state index < -0.39 is 34.5 Å². The van der Waals surface area contributed by atoms with Crippen molar-refractivity contribution in [3.63, 3.8) is 0 Å². The number of amides is 2. The van der Waals surface area contributed by atoms with Crippen molar-refractivity contribution in [3.05, 3.63) is 0 Å². The molecule has 1 aliphatic heterocycles. The Kier molecular flexibility index (Phi) is 7.88. The van der Waals surface area contributed by atoms with Crippen molar-refractivity contribution < 1.29 is 33.4 Å². The molecule has 2 amide bonds. The molecule has 0 aromatic rings. The molecule has 1 atom stereocenters. The van der Waals surface area contributed by atoms with Gasteiger partial charge in [0, 0.05) is 37.6 Å². The van der Waals surface area contributed by atoms with Gasteiger partial charge >= 0.3 is 11.9 Å². The molecule has 0 bridgehead atoms. The number of esters is 2. The summed E-state index contributed by atoms with van der Waals surface area (Å²) in [7, 11) is 0. The van der Waals surface area contributed by atoms with E-state index in [0.29, 0.717) is 11.8 Å². The van der Waals surface area contributed by atoms with Crippen molar-refractivity contribution in [1.82, 2.24) is 10.6 Å². The molecule has 1 heterocycles. The van der Waals surface area contributed by atoms with Crippen LogP contribution < -0.4 is 10.6 Å². The molecule has 9 nitrogen and oxygen atoms in total. The summed E-state index contributed by atoms with van der Waals surface area (Å²) in [5.74, 6) is -2.45. The number of carbonyl (C=O) groups is 5. The maximum absolute atomic E-state index is 12.4. The summed E-state index contributed by atoms with van der Waals surface area (Å²) < 4.78 is 10.0. The van der Waals surface area contributed by atoms with E-state index in [1.54, 1.807) is 13.8 Å². The van der Waals surface area contributed by atoms with Crippen LogP contribution >= 0.6 is 11.8 Å². The third-order valence-electron chi connectivity index (χ3n) is 3.30. The van der Waals surface area contributed by atoms with Gasteiger partial charge in [-0.2, -0.15) is 0 Å². The van der Waals surface area contributed by atoms with Crippen molar-refractivity contribution in [2.24, 2.45) is 5.41 Å². The van der Waals surface area contributed by atoms with Gasteiger partial charge in [-0.15, -0.1) is 0 Å². The Morgan fingerprint density at radius 2 is 1.92 bits per heavy atom. The van der Waals surface area contributed by atoms with Gasteiger partial charge in [-0.25, -0.2) is 4.79 Å². The maximum Gasteiger partial charge on any atom is 0.386 e. The lowest BCUT2D eigenvalue weighted by Crippen LogP contribution is -2.49. The Morgan fingerprint density at radius 3 is 2.56 bits per heavy atom. The molecule has 1 fully saturated rings. The molecule has 0 radical (unpaired) electrons. The summed E-state index contributed by atoms with van der Waals surface area (Å²) in [5, 5.41) is 4.20. The second-order valence-electron chi connectivity index (χ2n) is 6.08. The highest BCUT2D eigenvalue weighted by Crippen LogP contribution is 2.25. The number of nitrogens with one attached hydrogen (secondary N) is 2. The minimum atomic E-state index is -1.35. The number of thioether (sulfide) groups is 1. The predicted molar refractivity (Wildman–Crippen MR) is 88.4 cm³/mol. The van der Waals surface area contributed by atoms with Crippen molar-refractivity contribution in [1.29, 1.82) is 0 Å². The first kappa shape index (κ1) is 20.9. The normalized spacial score (nSPS) is 21.0. The topological polar surface area (TPSA) is 128 Å². The van der Waals surface area contributed by atoms with Crippen LogP contribution in [-0.2, 0) is 33.4 Å². The lowest BCUT2D eigenvalue weighted by molar-refractivity contribution is -0.169. The Balaban J connectivity index is 2.96. The van der Waals surface area contributed by atoms with Gasteiger partial charge in [0.25, 0.3) is 11.0 Å². The number of ether oxygens (including phenoxy) is 2. The Bertz CT molecular complexity index is 562. The zero-order valence-electron chi connectivity index (χ0n) is 14.4. The Hall–Kier alpha value is -2.10. The minimum Gasteiger partial charge on any atom is -0.465 e. The largest absolute Gasteiger partial charge is 0.465 e. The summed E-state index contributed by atoms with van der Waals surface area (Å²) in [6.07, 6.45) is -1.30. The molecule has 0 aliphatic carbocycles. The van der Waals surface area contributed by atoms with E-state index in [2.05, 4.69) is 10.6 Å². The second-order valence-corrected chi connectivity index (χ2v) is 7.15. The minimum absolute atomic E-state index is 0.0451. The van der Waals surface area contributed by atoms with Crippen LogP contribution in [0.2, 0.25) is 0 Å². The molecule has 0 saturated carbocycles. The van der Waals surface area contributed by atoms with Gasteiger partial charge in [-0.1, -0.05) is 25.6 Å². The molecule has 140 valence electrons. The summed E-state index contributed by atoms with van der Waals surface area (Å²) >= 11 is 0.695. The van der Waals surface area contributed by atoms with Crippen LogP contribution in [0, 0.1) is 5.41 Å². The molecule has 25 heavy (non-hydrogen) atoms. The summed E-state index contributed by atoms with van der Waals surface area (Å²) in [6, 6.07) is 0. The van der Waals surface area contributed by atoms with E-state index in [-0.39, 0.29) is 37.8 Å². The molecule has 0 aromatic heterocycles. The predicted octanol–water partition coefficient (Wildman–Crippen LogP) is -0.617. The fourth-order valence-electron chi connectivity index (χ4n) is 1.96. The van der Waals surface area contributed by atoms with E-state index >= 15 is 0 Å². The molecular weight excluding hydrogens is 352 g/mol. The highest BCUT2D eigenvalue weighted by molar-refractivity contribution is 8.15. The van der Waals surface area contributed by atoms with Crippen LogP contribution in [0.5, 0.6) is 0 Å². The average molecular weight is 374 g/mol. The zero-order chi connectivity index (χ0) is 19.0. The monoisotopic (exact) mass is 374 g/mol. The first-order chi connectivity index (χ1) is 11.6. The molecule has 0 spiro atoms. The fraction of sp³-hybridized carbons (Fsp3) is 0.667. The van der Waals surface area contributed by atoms with Gasteiger partial charge in [0.2, 0.25) is 5.91 Å². The number of rotatable bonds is 3. The summed E-state index contributed by atoms with van der Waals surface area (Å²) in [5.41, 5.74) is -1.07.